The Morgan fingerprint density at radius 1 is 1.23 bits per heavy atom. The maximum absolute atomic E-state index is 13.7. The van der Waals surface area contributed by atoms with Crippen molar-refractivity contribution in [3.8, 4) is 11.3 Å². The molecule has 154 valence electrons. The summed E-state index contributed by atoms with van der Waals surface area (Å²) in [4.78, 5) is 17.2. The van der Waals surface area contributed by atoms with E-state index in [9.17, 15) is 13.6 Å². The van der Waals surface area contributed by atoms with Gasteiger partial charge in [0.15, 0.2) is 5.65 Å². The van der Waals surface area contributed by atoms with Crippen LogP contribution in [0.3, 0.4) is 0 Å². The SMILES string of the molecule is CCn1cc(CNC(=O)c2cnn3c(C(F)F)cc(-c4ccccc4)nc23)c(C)n1. The summed E-state index contributed by atoms with van der Waals surface area (Å²) in [6.45, 7) is 4.84. The van der Waals surface area contributed by atoms with Crippen molar-refractivity contribution in [2.24, 2.45) is 0 Å². The number of amides is 1. The van der Waals surface area contributed by atoms with E-state index in [0.717, 1.165) is 22.3 Å². The molecule has 1 N–H and O–H groups in total. The quantitative estimate of drug-likeness (QED) is 0.525. The number of carbonyl (C=O) groups excluding carboxylic acids is 1. The molecule has 3 aromatic heterocycles. The van der Waals surface area contributed by atoms with Gasteiger partial charge in [-0.1, -0.05) is 30.3 Å². The number of nitrogens with zero attached hydrogens (tertiary/aromatic N) is 5. The highest BCUT2D eigenvalue weighted by Crippen LogP contribution is 2.26. The molecule has 3 heterocycles. The number of rotatable bonds is 6. The summed E-state index contributed by atoms with van der Waals surface area (Å²) in [7, 11) is 0. The summed E-state index contributed by atoms with van der Waals surface area (Å²) in [6, 6.07) is 10.3. The van der Waals surface area contributed by atoms with E-state index in [1.165, 1.54) is 12.3 Å². The van der Waals surface area contributed by atoms with E-state index in [1.54, 1.807) is 28.9 Å². The minimum Gasteiger partial charge on any atom is -0.348 e. The highest BCUT2D eigenvalue weighted by Gasteiger charge is 2.21. The first-order valence-electron chi connectivity index (χ1n) is 9.51. The van der Waals surface area contributed by atoms with Gasteiger partial charge in [0.1, 0.15) is 11.3 Å². The van der Waals surface area contributed by atoms with E-state index in [0.29, 0.717) is 11.3 Å². The van der Waals surface area contributed by atoms with Gasteiger partial charge in [-0.2, -0.15) is 10.2 Å². The molecule has 0 radical (unpaired) electrons. The number of alkyl halides is 2. The molecule has 4 aromatic rings. The number of benzene rings is 1. The van der Waals surface area contributed by atoms with Crippen LogP contribution < -0.4 is 5.32 Å². The molecule has 0 aliphatic rings. The zero-order valence-corrected chi connectivity index (χ0v) is 16.5. The van der Waals surface area contributed by atoms with Crippen LogP contribution in [0.25, 0.3) is 16.9 Å². The summed E-state index contributed by atoms with van der Waals surface area (Å²) < 4.78 is 30.1. The molecular weight excluding hydrogens is 390 g/mol. The normalized spacial score (nSPS) is 11.4. The first-order valence-corrected chi connectivity index (χ1v) is 9.51. The van der Waals surface area contributed by atoms with Crippen LogP contribution in [0.15, 0.2) is 48.8 Å². The Kier molecular flexibility index (Phi) is 5.26. The van der Waals surface area contributed by atoms with Gasteiger partial charge in [0.2, 0.25) is 0 Å². The molecule has 1 aromatic carbocycles. The molecule has 0 saturated heterocycles. The molecule has 0 atom stereocenters. The molecule has 0 bridgehead atoms. The molecule has 0 spiro atoms. The Labute approximate surface area is 171 Å². The Morgan fingerprint density at radius 2 is 2.00 bits per heavy atom. The second kappa shape index (κ2) is 8.02. The number of aromatic nitrogens is 5. The molecule has 30 heavy (non-hydrogen) atoms. The lowest BCUT2D eigenvalue weighted by Crippen LogP contribution is -2.23. The molecule has 9 heteroatoms. The maximum atomic E-state index is 13.7. The molecule has 0 aliphatic carbocycles. The fourth-order valence-electron chi connectivity index (χ4n) is 3.22. The van der Waals surface area contributed by atoms with E-state index >= 15 is 0 Å². The highest BCUT2D eigenvalue weighted by atomic mass is 19.3. The monoisotopic (exact) mass is 410 g/mol. The van der Waals surface area contributed by atoms with Crippen molar-refractivity contribution in [3.05, 3.63) is 71.3 Å². The zero-order valence-electron chi connectivity index (χ0n) is 16.5. The molecule has 0 saturated carbocycles. The lowest BCUT2D eigenvalue weighted by Gasteiger charge is -2.09. The van der Waals surface area contributed by atoms with Gasteiger partial charge in [-0.15, -0.1) is 0 Å². The summed E-state index contributed by atoms with van der Waals surface area (Å²) in [5, 5.41) is 11.1. The van der Waals surface area contributed by atoms with Gasteiger partial charge in [-0.05, 0) is 19.9 Å². The summed E-state index contributed by atoms with van der Waals surface area (Å²) >= 11 is 0. The van der Waals surface area contributed by atoms with Crippen LogP contribution in [0.4, 0.5) is 8.78 Å². The molecule has 0 fully saturated rings. The van der Waals surface area contributed by atoms with Gasteiger partial charge in [-0.3, -0.25) is 9.48 Å². The fraction of sp³-hybridized carbons (Fsp3) is 0.238. The second-order valence-electron chi connectivity index (χ2n) is 6.80. The lowest BCUT2D eigenvalue weighted by molar-refractivity contribution is 0.0952. The zero-order chi connectivity index (χ0) is 21.3. The Balaban J connectivity index is 1.69. The molecular formula is C21H20F2N6O. The van der Waals surface area contributed by atoms with Crippen LogP contribution in [0.1, 0.15) is 40.7 Å². The summed E-state index contributed by atoms with van der Waals surface area (Å²) in [5.41, 5.74) is 2.64. The number of hydrogen-bond donors (Lipinski definition) is 1. The third kappa shape index (κ3) is 3.66. The largest absolute Gasteiger partial charge is 0.348 e. The van der Waals surface area contributed by atoms with Crippen molar-refractivity contribution in [1.29, 1.82) is 0 Å². The van der Waals surface area contributed by atoms with Gasteiger partial charge >= 0.3 is 0 Å². The number of hydrogen-bond acceptors (Lipinski definition) is 4. The van der Waals surface area contributed by atoms with Crippen LogP contribution in [0, 0.1) is 6.92 Å². The number of carbonyl (C=O) groups is 1. The minimum absolute atomic E-state index is 0.0881. The van der Waals surface area contributed by atoms with Crippen molar-refractivity contribution in [2.75, 3.05) is 0 Å². The smallest absolute Gasteiger partial charge is 0.280 e. The van der Waals surface area contributed by atoms with Crippen molar-refractivity contribution < 1.29 is 13.6 Å². The van der Waals surface area contributed by atoms with Crippen LogP contribution in [-0.4, -0.2) is 30.3 Å². The average molecular weight is 410 g/mol. The molecule has 4 rings (SSSR count). The highest BCUT2D eigenvalue weighted by molar-refractivity contribution is 5.99. The van der Waals surface area contributed by atoms with Gasteiger partial charge in [-0.25, -0.2) is 18.3 Å². The molecule has 0 aliphatic heterocycles. The Hall–Kier alpha value is -3.62. The number of nitrogens with one attached hydrogen (secondary N) is 1. The third-order valence-corrected chi connectivity index (χ3v) is 4.85. The predicted molar refractivity (Wildman–Crippen MR) is 107 cm³/mol. The lowest BCUT2D eigenvalue weighted by atomic mass is 10.1. The fourth-order valence-corrected chi connectivity index (χ4v) is 3.22. The maximum Gasteiger partial charge on any atom is 0.280 e. The average Bonchev–Trinajstić information content (AvgIpc) is 3.35. The van der Waals surface area contributed by atoms with E-state index in [4.69, 9.17) is 0 Å². The van der Waals surface area contributed by atoms with Gasteiger partial charge in [0, 0.05) is 30.4 Å². The number of fused-ring (bicyclic) bond motifs is 1. The number of halogens is 2. The summed E-state index contributed by atoms with van der Waals surface area (Å²) in [6.07, 6.45) is 0.365. The Bertz CT molecular complexity index is 1200. The molecule has 7 nitrogen and oxygen atoms in total. The van der Waals surface area contributed by atoms with Crippen molar-refractivity contribution in [3.63, 3.8) is 0 Å². The van der Waals surface area contributed by atoms with Crippen LogP contribution in [0.5, 0.6) is 0 Å². The van der Waals surface area contributed by atoms with E-state index < -0.39 is 12.3 Å². The Morgan fingerprint density at radius 3 is 2.67 bits per heavy atom. The predicted octanol–water partition coefficient (Wildman–Crippen LogP) is 3.79. The molecule has 0 unspecified atom stereocenters. The first-order chi connectivity index (χ1) is 14.5. The van der Waals surface area contributed by atoms with E-state index in [-0.39, 0.29) is 23.4 Å². The third-order valence-electron chi connectivity index (χ3n) is 4.85. The van der Waals surface area contributed by atoms with Gasteiger partial charge in [0.25, 0.3) is 12.3 Å². The minimum atomic E-state index is -2.77. The van der Waals surface area contributed by atoms with E-state index in [1.807, 2.05) is 26.1 Å². The van der Waals surface area contributed by atoms with Crippen molar-refractivity contribution in [2.45, 2.75) is 33.4 Å². The molecule has 1 amide bonds. The number of aryl methyl sites for hydroxylation is 2. The summed E-state index contributed by atoms with van der Waals surface area (Å²) in [5.74, 6) is -0.438. The first kappa shape index (κ1) is 19.7. The van der Waals surface area contributed by atoms with Gasteiger partial charge < -0.3 is 5.32 Å². The van der Waals surface area contributed by atoms with Crippen molar-refractivity contribution in [1.82, 2.24) is 29.7 Å². The van der Waals surface area contributed by atoms with Crippen LogP contribution in [0.2, 0.25) is 0 Å². The second-order valence-corrected chi connectivity index (χ2v) is 6.80. The topological polar surface area (TPSA) is 77.1 Å². The van der Waals surface area contributed by atoms with Crippen LogP contribution in [-0.2, 0) is 13.1 Å². The van der Waals surface area contributed by atoms with E-state index in [2.05, 4.69) is 20.5 Å². The van der Waals surface area contributed by atoms with Gasteiger partial charge in [0.05, 0.1) is 17.6 Å². The standard InChI is InChI=1S/C21H20F2N6O/c1-3-28-12-15(13(2)27-28)10-24-21(30)16-11-25-29-18(19(22)23)9-17(26-20(16)29)14-7-5-4-6-8-14/h4-9,11-12,19H,3,10H2,1-2H3,(H,24,30). The van der Waals surface area contributed by atoms with Crippen LogP contribution >= 0.6 is 0 Å². The van der Waals surface area contributed by atoms with Crippen molar-refractivity contribution >= 4 is 11.6 Å².